The summed E-state index contributed by atoms with van der Waals surface area (Å²) < 4.78 is 10.5. The highest BCUT2D eigenvalue weighted by Crippen LogP contribution is 2.27. The Morgan fingerprint density at radius 1 is 0.969 bits per heavy atom. The highest BCUT2D eigenvalue weighted by molar-refractivity contribution is 7.10. The summed E-state index contributed by atoms with van der Waals surface area (Å²) in [4.78, 5) is 26.8. The van der Waals surface area contributed by atoms with Gasteiger partial charge in [-0.25, -0.2) is 0 Å². The van der Waals surface area contributed by atoms with Crippen molar-refractivity contribution in [2.45, 2.75) is 19.8 Å². The molecular weight excluding hydrogens is 424 g/mol. The van der Waals surface area contributed by atoms with Crippen LogP contribution in [0.4, 0.5) is 5.69 Å². The Labute approximate surface area is 191 Å². The van der Waals surface area contributed by atoms with Gasteiger partial charge in [0, 0.05) is 16.1 Å². The van der Waals surface area contributed by atoms with Crippen molar-refractivity contribution in [2.75, 3.05) is 19.5 Å². The van der Waals surface area contributed by atoms with Crippen LogP contribution in [-0.4, -0.2) is 26.0 Å². The molecule has 1 heterocycles. The van der Waals surface area contributed by atoms with Crippen LogP contribution in [0.15, 0.2) is 65.7 Å². The maximum Gasteiger partial charge on any atom is 0.272 e. The van der Waals surface area contributed by atoms with Gasteiger partial charge in [-0.15, -0.1) is 11.3 Å². The third kappa shape index (κ3) is 5.76. The zero-order valence-electron chi connectivity index (χ0n) is 18.5. The first kappa shape index (κ1) is 23.1. The lowest BCUT2D eigenvalue weighted by Gasteiger charge is -2.13. The van der Waals surface area contributed by atoms with E-state index in [0.717, 1.165) is 4.88 Å². The molecule has 0 unspecified atom stereocenters. The van der Waals surface area contributed by atoms with E-state index in [1.807, 2.05) is 41.8 Å². The molecule has 2 amide bonds. The van der Waals surface area contributed by atoms with E-state index in [2.05, 4.69) is 24.5 Å². The van der Waals surface area contributed by atoms with Crippen molar-refractivity contribution in [3.63, 3.8) is 0 Å². The van der Waals surface area contributed by atoms with Crippen molar-refractivity contribution in [3.05, 3.63) is 81.7 Å². The number of hydrogen-bond acceptors (Lipinski definition) is 5. The van der Waals surface area contributed by atoms with Gasteiger partial charge in [0.05, 0.1) is 14.2 Å². The molecule has 0 fully saturated rings. The van der Waals surface area contributed by atoms with Gasteiger partial charge in [-0.2, -0.15) is 0 Å². The molecule has 3 aromatic rings. The van der Waals surface area contributed by atoms with Crippen LogP contribution in [0.1, 0.15) is 40.6 Å². The maximum atomic E-state index is 13.0. The van der Waals surface area contributed by atoms with Gasteiger partial charge < -0.3 is 20.1 Å². The number of rotatable bonds is 8. The van der Waals surface area contributed by atoms with E-state index in [-0.39, 0.29) is 5.70 Å². The van der Waals surface area contributed by atoms with Crippen molar-refractivity contribution < 1.29 is 19.1 Å². The van der Waals surface area contributed by atoms with Crippen molar-refractivity contribution >= 4 is 34.9 Å². The Morgan fingerprint density at radius 2 is 1.69 bits per heavy atom. The van der Waals surface area contributed by atoms with Crippen LogP contribution < -0.4 is 20.1 Å². The summed E-state index contributed by atoms with van der Waals surface area (Å²) in [5, 5.41) is 7.49. The van der Waals surface area contributed by atoms with Crippen LogP contribution in [-0.2, 0) is 4.79 Å². The fourth-order valence-electron chi connectivity index (χ4n) is 3.00. The summed E-state index contributed by atoms with van der Waals surface area (Å²) in [7, 11) is 3.02. The second-order valence-electron chi connectivity index (χ2n) is 7.33. The Kier molecular flexibility index (Phi) is 7.68. The zero-order chi connectivity index (χ0) is 23.1. The van der Waals surface area contributed by atoms with Crippen LogP contribution in [0, 0.1) is 0 Å². The number of nitrogens with one attached hydrogen (secondary N) is 2. The first-order chi connectivity index (χ1) is 15.4. The van der Waals surface area contributed by atoms with Crippen molar-refractivity contribution in [2.24, 2.45) is 0 Å². The van der Waals surface area contributed by atoms with Gasteiger partial charge in [-0.1, -0.05) is 32.0 Å². The van der Waals surface area contributed by atoms with Crippen molar-refractivity contribution in [3.8, 4) is 11.5 Å². The molecule has 0 saturated heterocycles. The quantitative estimate of drug-likeness (QED) is 0.457. The molecule has 2 aromatic carbocycles. The molecule has 0 bridgehead atoms. The Morgan fingerprint density at radius 3 is 2.28 bits per heavy atom. The summed E-state index contributed by atoms with van der Waals surface area (Å²) in [6, 6.07) is 16.2. The van der Waals surface area contributed by atoms with E-state index in [0.29, 0.717) is 28.7 Å². The molecule has 0 aliphatic rings. The molecular formula is C25H26N2O4S. The summed E-state index contributed by atoms with van der Waals surface area (Å²) in [6.07, 6.45) is 1.65. The van der Waals surface area contributed by atoms with Crippen LogP contribution in [0.5, 0.6) is 11.5 Å². The van der Waals surface area contributed by atoms with Crippen LogP contribution in [0.3, 0.4) is 0 Å². The molecule has 0 aliphatic heterocycles. The van der Waals surface area contributed by atoms with Gasteiger partial charge in [0.2, 0.25) is 0 Å². The smallest absolute Gasteiger partial charge is 0.272 e. The van der Waals surface area contributed by atoms with E-state index in [9.17, 15) is 9.59 Å². The number of methoxy groups -OCH3 is 2. The minimum atomic E-state index is -0.431. The van der Waals surface area contributed by atoms with Crippen LogP contribution in [0.25, 0.3) is 6.08 Å². The minimum absolute atomic E-state index is 0.139. The lowest BCUT2D eigenvalue weighted by atomic mass is 10.0. The average Bonchev–Trinajstić information content (AvgIpc) is 3.31. The predicted molar refractivity (Wildman–Crippen MR) is 128 cm³/mol. The third-order valence-corrected chi connectivity index (χ3v) is 5.62. The highest BCUT2D eigenvalue weighted by atomic mass is 32.1. The zero-order valence-corrected chi connectivity index (χ0v) is 19.3. The van der Waals surface area contributed by atoms with E-state index in [1.54, 1.807) is 24.3 Å². The third-order valence-electron chi connectivity index (χ3n) is 4.80. The number of carbonyl (C=O) groups is 2. The molecule has 0 spiro atoms. The highest BCUT2D eigenvalue weighted by Gasteiger charge is 2.17. The molecule has 2 N–H and O–H groups in total. The molecule has 0 saturated carbocycles. The summed E-state index contributed by atoms with van der Waals surface area (Å²) in [5.74, 6) is 0.498. The van der Waals surface area contributed by atoms with E-state index in [4.69, 9.17) is 9.47 Å². The van der Waals surface area contributed by atoms with E-state index >= 15 is 0 Å². The standard InChI is InChI=1S/C25H26N2O4S/c1-16(2)17-7-10-19(11-8-17)26-25(29)21(15-20-6-5-13-32-20)27-24(28)18-9-12-22(30-3)23(14-18)31-4/h5-16H,1-4H3,(H,26,29)(H,27,28)/b21-15-. The number of anilines is 1. The molecule has 6 nitrogen and oxygen atoms in total. The van der Waals surface area contributed by atoms with Gasteiger partial charge in [-0.05, 0) is 59.3 Å². The van der Waals surface area contributed by atoms with Gasteiger partial charge in [0.25, 0.3) is 11.8 Å². The molecule has 3 rings (SSSR count). The SMILES string of the molecule is COc1ccc(C(=O)N/C(=C\c2cccs2)C(=O)Nc2ccc(C(C)C)cc2)cc1OC. The summed E-state index contributed by atoms with van der Waals surface area (Å²) in [5.41, 5.74) is 2.31. The van der Waals surface area contributed by atoms with Gasteiger partial charge >= 0.3 is 0 Å². The topological polar surface area (TPSA) is 76.7 Å². The average molecular weight is 451 g/mol. The molecule has 1 aromatic heterocycles. The largest absolute Gasteiger partial charge is 0.493 e. The number of amides is 2. The lowest BCUT2D eigenvalue weighted by molar-refractivity contribution is -0.113. The Hall–Kier alpha value is -3.58. The van der Waals surface area contributed by atoms with Gasteiger partial charge in [0.1, 0.15) is 5.70 Å². The van der Waals surface area contributed by atoms with Crippen molar-refractivity contribution in [1.29, 1.82) is 0 Å². The second-order valence-corrected chi connectivity index (χ2v) is 8.31. The van der Waals surface area contributed by atoms with Gasteiger partial charge in [0.15, 0.2) is 11.5 Å². The van der Waals surface area contributed by atoms with Crippen LogP contribution in [0.2, 0.25) is 0 Å². The fraction of sp³-hybridized carbons (Fsp3) is 0.200. The summed E-state index contributed by atoms with van der Waals surface area (Å²) >= 11 is 1.47. The molecule has 32 heavy (non-hydrogen) atoms. The fourth-order valence-corrected chi connectivity index (χ4v) is 3.65. The number of thiophene rings is 1. The number of ether oxygens (including phenoxy) is 2. The molecule has 7 heteroatoms. The van der Waals surface area contributed by atoms with Crippen LogP contribution >= 0.6 is 11.3 Å². The molecule has 0 aliphatic carbocycles. The predicted octanol–water partition coefficient (Wildman–Crippen LogP) is 5.30. The normalized spacial score (nSPS) is 11.2. The first-order valence-corrected chi connectivity index (χ1v) is 11.0. The Balaban J connectivity index is 1.83. The maximum absolute atomic E-state index is 13.0. The molecule has 0 radical (unpaired) electrons. The monoisotopic (exact) mass is 450 g/mol. The summed E-state index contributed by atoms with van der Waals surface area (Å²) in [6.45, 7) is 4.22. The van der Waals surface area contributed by atoms with E-state index in [1.165, 1.54) is 31.1 Å². The van der Waals surface area contributed by atoms with Crippen molar-refractivity contribution in [1.82, 2.24) is 5.32 Å². The number of benzene rings is 2. The lowest BCUT2D eigenvalue weighted by Crippen LogP contribution is -2.30. The van der Waals surface area contributed by atoms with E-state index < -0.39 is 11.8 Å². The second kappa shape index (κ2) is 10.6. The number of hydrogen-bond donors (Lipinski definition) is 2. The Bertz CT molecular complexity index is 1100. The minimum Gasteiger partial charge on any atom is -0.493 e. The molecule has 166 valence electrons. The molecule has 0 atom stereocenters. The number of carbonyl (C=O) groups excluding carboxylic acids is 2. The van der Waals surface area contributed by atoms with Gasteiger partial charge in [-0.3, -0.25) is 9.59 Å². The first-order valence-electron chi connectivity index (χ1n) is 10.1.